The molecule has 1 heterocycles. The van der Waals surface area contributed by atoms with E-state index in [1.807, 2.05) is 13.1 Å². The lowest BCUT2D eigenvalue weighted by molar-refractivity contribution is 0.296. The molecule has 0 unspecified atom stereocenters. The van der Waals surface area contributed by atoms with Crippen molar-refractivity contribution in [2.75, 3.05) is 20.1 Å². The highest BCUT2D eigenvalue weighted by Crippen LogP contribution is 2.04. The van der Waals surface area contributed by atoms with Gasteiger partial charge >= 0.3 is 0 Å². The van der Waals surface area contributed by atoms with Gasteiger partial charge in [-0.1, -0.05) is 18.9 Å². The van der Waals surface area contributed by atoms with E-state index in [1.165, 1.54) is 0 Å². The predicted octanol–water partition coefficient (Wildman–Crippen LogP) is 1.65. The molecule has 0 aromatic carbocycles. The molecule has 92 valence electrons. The molecule has 0 saturated carbocycles. The van der Waals surface area contributed by atoms with E-state index in [0.717, 1.165) is 37.4 Å². The molecule has 0 spiro atoms. The van der Waals surface area contributed by atoms with Crippen LogP contribution in [-0.2, 0) is 13.1 Å². The second-order valence-corrected chi connectivity index (χ2v) is 4.07. The zero-order valence-electron chi connectivity index (χ0n) is 10.7. The van der Waals surface area contributed by atoms with Gasteiger partial charge in [-0.05, 0) is 32.1 Å². The van der Waals surface area contributed by atoms with Crippen LogP contribution in [0.1, 0.15) is 24.7 Å². The molecule has 1 aromatic rings. The van der Waals surface area contributed by atoms with Gasteiger partial charge in [0.05, 0.1) is 17.9 Å². The van der Waals surface area contributed by atoms with Crippen LogP contribution >= 0.6 is 0 Å². The summed E-state index contributed by atoms with van der Waals surface area (Å²) in [6, 6.07) is 6.14. The van der Waals surface area contributed by atoms with E-state index in [0.29, 0.717) is 6.54 Å². The summed E-state index contributed by atoms with van der Waals surface area (Å²) in [5, 5.41) is 3.11. The van der Waals surface area contributed by atoms with Gasteiger partial charge < -0.3 is 5.32 Å². The van der Waals surface area contributed by atoms with Crippen LogP contribution in [0.2, 0.25) is 0 Å². The largest absolute Gasteiger partial charge is 0.314 e. The third kappa shape index (κ3) is 4.99. The summed E-state index contributed by atoms with van der Waals surface area (Å²) in [7, 11) is 1.93. The Morgan fingerprint density at radius 1 is 1.41 bits per heavy atom. The minimum absolute atomic E-state index is 0.686. The summed E-state index contributed by atoms with van der Waals surface area (Å²) >= 11 is 0. The number of terminal acetylenes is 1. The van der Waals surface area contributed by atoms with Crippen molar-refractivity contribution in [3.05, 3.63) is 29.6 Å². The average Bonchev–Trinajstić information content (AvgIpc) is 2.30. The highest BCUT2D eigenvalue weighted by atomic mass is 15.1. The molecular weight excluding hydrogens is 210 g/mol. The molecule has 0 aliphatic heterocycles. The lowest BCUT2D eigenvalue weighted by atomic mass is 10.2. The summed E-state index contributed by atoms with van der Waals surface area (Å²) in [6.45, 7) is 5.49. The Kier molecular flexibility index (Phi) is 6.31. The van der Waals surface area contributed by atoms with Crippen LogP contribution in [0.4, 0.5) is 0 Å². The van der Waals surface area contributed by atoms with Gasteiger partial charge in [-0.3, -0.25) is 9.88 Å². The van der Waals surface area contributed by atoms with Crippen LogP contribution in [0, 0.1) is 12.3 Å². The lowest BCUT2D eigenvalue weighted by Gasteiger charge is -2.18. The minimum Gasteiger partial charge on any atom is -0.314 e. The summed E-state index contributed by atoms with van der Waals surface area (Å²) in [4.78, 5) is 6.84. The van der Waals surface area contributed by atoms with E-state index in [2.05, 4.69) is 40.2 Å². The zero-order valence-corrected chi connectivity index (χ0v) is 10.7. The van der Waals surface area contributed by atoms with Crippen molar-refractivity contribution < 1.29 is 0 Å². The fourth-order valence-corrected chi connectivity index (χ4v) is 1.79. The normalized spacial score (nSPS) is 10.5. The van der Waals surface area contributed by atoms with E-state index in [-0.39, 0.29) is 0 Å². The monoisotopic (exact) mass is 231 g/mol. The molecule has 17 heavy (non-hydrogen) atoms. The molecule has 0 amide bonds. The van der Waals surface area contributed by atoms with Gasteiger partial charge in [-0.2, -0.15) is 0 Å². The lowest BCUT2D eigenvalue weighted by Crippen LogP contribution is -2.25. The maximum absolute atomic E-state index is 5.37. The SMILES string of the molecule is C#CCN(CCC)Cc1cccc(CNC)n1. The maximum Gasteiger partial charge on any atom is 0.0602 e. The molecule has 0 radical (unpaired) electrons. The number of aromatic nitrogens is 1. The van der Waals surface area contributed by atoms with Crippen LogP contribution < -0.4 is 5.32 Å². The van der Waals surface area contributed by atoms with Gasteiger partial charge in [0.15, 0.2) is 0 Å². The number of nitrogens with one attached hydrogen (secondary N) is 1. The standard InChI is InChI=1S/C14H21N3/c1-4-9-17(10-5-2)12-14-8-6-7-13(16-14)11-15-3/h1,6-8,15H,5,9-12H2,2-3H3. The van der Waals surface area contributed by atoms with Crippen molar-refractivity contribution >= 4 is 0 Å². The quantitative estimate of drug-likeness (QED) is 0.723. The Balaban J connectivity index is 2.64. The van der Waals surface area contributed by atoms with Crippen molar-refractivity contribution in [1.82, 2.24) is 15.2 Å². The first-order chi connectivity index (χ1) is 8.30. The van der Waals surface area contributed by atoms with Gasteiger partial charge in [0, 0.05) is 13.1 Å². The van der Waals surface area contributed by atoms with Crippen LogP contribution in [0.3, 0.4) is 0 Å². The van der Waals surface area contributed by atoms with Crippen molar-refractivity contribution in [3.8, 4) is 12.3 Å². The van der Waals surface area contributed by atoms with E-state index in [4.69, 9.17) is 6.42 Å². The van der Waals surface area contributed by atoms with Gasteiger partial charge in [-0.15, -0.1) is 6.42 Å². The Morgan fingerprint density at radius 3 is 2.82 bits per heavy atom. The van der Waals surface area contributed by atoms with Crippen molar-refractivity contribution in [1.29, 1.82) is 0 Å². The summed E-state index contributed by atoms with van der Waals surface area (Å²) in [6.07, 6.45) is 6.48. The first-order valence-electron chi connectivity index (χ1n) is 6.05. The molecule has 0 aliphatic rings. The highest BCUT2D eigenvalue weighted by molar-refractivity contribution is 5.11. The van der Waals surface area contributed by atoms with E-state index in [9.17, 15) is 0 Å². The average molecular weight is 231 g/mol. The van der Waals surface area contributed by atoms with Crippen molar-refractivity contribution in [2.45, 2.75) is 26.4 Å². The van der Waals surface area contributed by atoms with Crippen LogP contribution in [0.5, 0.6) is 0 Å². The molecule has 0 bridgehead atoms. The van der Waals surface area contributed by atoms with E-state index < -0.39 is 0 Å². The molecule has 1 rings (SSSR count). The molecule has 3 nitrogen and oxygen atoms in total. The summed E-state index contributed by atoms with van der Waals surface area (Å²) in [5.41, 5.74) is 2.16. The molecule has 1 N–H and O–H groups in total. The molecule has 0 aliphatic carbocycles. The van der Waals surface area contributed by atoms with Gasteiger partial charge in [0.1, 0.15) is 0 Å². The van der Waals surface area contributed by atoms with Crippen LogP contribution in [0.15, 0.2) is 18.2 Å². The Labute approximate surface area is 104 Å². The third-order valence-electron chi connectivity index (χ3n) is 2.46. The Hall–Kier alpha value is -1.37. The van der Waals surface area contributed by atoms with Crippen molar-refractivity contribution in [3.63, 3.8) is 0 Å². The molecule has 1 aromatic heterocycles. The fraction of sp³-hybridized carbons (Fsp3) is 0.500. The maximum atomic E-state index is 5.37. The second-order valence-electron chi connectivity index (χ2n) is 4.07. The first-order valence-corrected chi connectivity index (χ1v) is 6.05. The van der Waals surface area contributed by atoms with Crippen LogP contribution in [0.25, 0.3) is 0 Å². The first kappa shape index (κ1) is 13.7. The number of hydrogen-bond acceptors (Lipinski definition) is 3. The van der Waals surface area contributed by atoms with Gasteiger partial charge in [0.25, 0.3) is 0 Å². The third-order valence-corrected chi connectivity index (χ3v) is 2.46. The van der Waals surface area contributed by atoms with Gasteiger partial charge in [-0.25, -0.2) is 0 Å². The summed E-state index contributed by atoms with van der Waals surface area (Å²) < 4.78 is 0. The predicted molar refractivity (Wildman–Crippen MR) is 71.4 cm³/mol. The number of hydrogen-bond donors (Lipinski definition) is 1. The second kappa shape index (κ2) is 7.83. The molecule has 0 atom stereocenters. The molecule has 0 saturated heterocycles. The molecule has 3 heteroatoms. The van der Waals surface area contributed by atoms with E-state index in [1.54, 1.807) is 0 Å². The smallest absolute Gasteiger partial charge is 0.0602 e. The summed E-state index contributed by atoms with van der Waals surface area (Å²) in [5.74, 6) is 2.70. The van der Waals surface area contributed by atoms with Gasteiger partial charge in [0.2, 0.25) is 0 Å². The number of nitrogens with zero attached hydrogens (tertiary/aromatic N) is 2. The topological polar surface area (TPSA) is 28.2 Å². The zero-order chi connectivity index (χ0) is 12.5. The van der Waals surface area contributed by atoms with Crippen molar-refractivity contribution in [2.24, 2.45) is 0 Å². The highest BCUT2D eigenvalue weighted by Gasteiger charge is 2.05. The molecular formula is C14H21N3. The minimum atomic E-state index is 0.686. The Morgan fingerprint density at radius 2 is 2.18 bits per heavy atom. The van der Waals surface area contributed by atoms with E-state index >= 15 is 0 Å². The number of pyridine rings is 1. The Bertz CT molecular complexity index is 368. The molecule has 0 fully saturated rings. The fourth-order valence-electron chi connectivity index (χ4n) is 1.79. The van der Waals surface area contributed by atoms with Crippen LogP contribution in [-0.4, -0.2) is 30.0 Å². The number of rotatable bonds is 7.